The summed E-state index contributed by atoms with van der Waals surface area (Å²) in [5.41, 5.74) is 5.72. The first kappa shape index (κ1) is 67.4. The molecule has 0 fully saturated rings. The van der Waals surface area contributed by atoms with E-state index in [1.54, 1.807) is 36.7 Å². The summed E-state index contributed by atoms with van der Waals surface area (Å²) in [7, 11) is -0.955. The van der Waals surface area contributed by atoms with Crippen LogP contribution in [-0.4, -0.2) is 42.8 Å². The van der Waals surface area contributed by atoms with Gasteiger partial charge in [0.05, 0.1) is 5.56 Å². The molecule has 0 aliphatic heterocycles. The molecule has 0 saturated heterocycles. The molecule has 1 aromatic rings. The maximum atomic E-state index is 10.4. The van der Waals surface area contributed by atoms with Crippen molar-refractivity contribution in [2.45, 2.75) is 251 Å². The largest absolute Gasteiger partial charge is 0.478 e. The van der Waals surface area contributed by atoms with Crippen LogP contribution in [0.3, 0.4) is 0 Å². The van der Waals surface area contributed by atoms with E-state index in [0.29, 0.717) is 4.90 Å². The minimum atomic E-state index is -0.955. The van der Waals surface area contributed by atoms with E-state index < -0.39 is 13.2 Å². The third-order valence-electron chi connectivity index (χ3n) is 11.6. The molecule has 1 rings (SSSR count). The van der Waals surface area contributed by atoms with Crippen molar-refractivity contribution in [3.05, 3.63) is 29.8 Å². The summed E-state index contributed by atoms with van der Waals surface area (Å²) in [5.74, 6) is -0.939. The Balaban J connectivity index is -0.000000256. The van der Waals surface area contributed by atoms with Gasteiger partial charge < -0.3 is 17.0 Å². The quantitative estimate of drug-likeness (QED) is 0.0301. The second-order valence-electron chi connectivity index (χ2n) is 17.3. The zero-order valence-electron chi connectivity index (χ0n) is 39.6. The van der Waals surface area contributed by atoms with Crippen LogP contribution in [0, 0.1) is 0 Å². The Labute approximate surface area is 391 Å². The molecule has 0 amide bonds. The summed E-state index contributed by atoms with van der Waals surface area (Å²) in [4.78, 5) is 10.9. The van der Waals surface area contributed by atoms with E-state index in [2.05, 4.69) is 47.0 Å². The molecule has 58 heavy (non-hydrogen) atoms. The fraction of sp³-hybridized carbons (Fsp3) is 0.860. The van der Waals surface area contributed by atoms with Crippen LogP contribution in [0.25, 0.3) is 0 Å². The Hall–Kier alpha value is 0.350. The molecule has 0 unspecified atom stereocenters. The van der Waals surface area contributed by atoms with Gasteiger partial charge in [-0.3, -0.25) is 0 Å². The van der Waals surface area contributed by atoms with E-state index in [0.717, 1.165) is 6.54 Å². The van der Waals surface area contributed by atoms with Crippen LogP contribution >= 0.6 is 53.9 Å². The number of thiol groups is 1. The van der Waals surface area contributed by atoms with Crippen LogP contribution in [0.1, 0.15) is 256 Å². The second kappa shape index (κ2) is 55.4. The zero-order valence-corrected chi connectivity index (χ0v) is 44.9. The van der Waals surface area contributed by atoms with Crippen molar-refractivity contribution in [2.24, 2.45) is 5.73 Å². The van der Waals surface area contributed by atoms with Gasteiger partial charge in [-0.1, -0.05) is 115 Å². The summed E-state index contributed by atoms with van der Waals surface area (Å²) in [6.45, 7) is 12.9. The van der Waals surface area contributed by atoms with Gasteiger partial charge in [-0.25, -0.2) is 4.79 Å². The molecule has 0 spiro atoms. The summed E-state index contributed by atoms with van der Waals surface area (Å²) >= 11 is 3.96. The molecule has 0 aromatic heterocycles. The number of unbranched alkanes of at least 4 members (excludes halogenated alkanes) is 30. The van der Waals surface area contributed by atoms with Gasteiger partial charge in [-0.15, -0.1) is 46.6 Å². The predicted octanol–water partition coefficient (Wildman–Crippen LogP) is 18.6. The Morgan fingerprint density at radius 2 is 0.724 bits per heavy atom. The molecule has 1 aromatic carbocycles. The van der Waals surface area contributed by atoms with Crippen molar-refractivity contribution in [3.63, 3.8) is 0 Å². The Bertz CT molecular complexity index is 857. The molecule has 6 N–H and O–H groups in total. The maximum Gasteiger partial charge on any atom is 0.336 e. The molecule has 4 nitrogen and oxygen atoms in total. The van der Waals surface area contributed by atoms with Crippen LogP contribution in [-0.2, 0) is 0 Å². The van der Waals surface area contributed by atoms with Gasteiger partial charge in [0, 0.05) is 4.90 Å². The third kappa shape index (κ3) is 50.7. The van der Waals surface area contributed by atoms with Gasteiger partial charge >= 0.3 is 175 Å². The average molecular weight is 989 g/mol. The Kier molecular flexibility index (Phi) is 64.4. The van der Waals surface area contributed by atoms with Gasteiger partial charge in [-0.2, -0.15) is 0 Å². The van der Waals surface area contributed by atoms with Crippen LogP contribution in [0.5, 0.6) is 0 Å². The van der Waals surface area contributed by atoms with Crippen molar-refractivity contribution in [2.75, 3.05) is 31.7 Å². The van der Waals surface area contributed by atoms with E-state index in [1.807, 2.05) is 0 Å². The van der Waals surface area contributed by atoms with Gasteiger partial charge in [-0.05, 0) is 25.1 Å². The minimum absolute atomic E-state index is 0. The Morgan fingerprint density at radius 3 is 0.948 bits per heavy atom. The van der Waals surface area contributed by atoms with Crippen LogP contribution in [0.2, 0.25) is 0 Å². The molecule has 352 valence electrons. The number of carboxylic acids is 1. The van der Waals surface area contributed by atoms with E-state index in [4.69, 9.17) is 10.8 Å². The zero-order chi connectivity index (χ0) is 40.9. The monoisotopic (exact) mass is 987 g/mol. The molecule has 0 aliphatic rings. The molecular formula is C50H105Br2N2O2PS. The van der Waals surface area contributed by atoms with Crippen molar-refractivity contribution >= 4 is 59.8 Å². The van der Waals surface area contributed by atoms with Gasteiger partial charge in [0.15, 0.2) is 0 Å². The van der Waals surface area contributed by atoms with E-state index in [-0.39, 0.29) is 45.7 Å². The van der Waals surface area contributed by atoms with Crippen molar-refractivity contribution in [1.82, 2.24) is 6.15 Å². The SMILES string of the molecule is Br.Br.CCCCCCCCCCCCCCCCCCN.CCCCCCCC[PH](C)(CCCCCCCC)CCCCCCCC.N.O=C(O)c1ccccc1S. The number of hydrogen-bond donors (Lipinski definition) is 4. The predicted molar refractivity (Wildman–Crippen MR) is 284 cm³/mol. The molecule has 0 aliphatic carbocycles. The number of aromatic carboxylic acids is 1. The number of rotatable bonds is 38. The first-order chi connectivity index (χ1) is 26.8. The standard InChI is InChI=1S/C25H55P.C18H39N.C7H6O2S.2BrH.H3N/c1-5-8-11-14-17-20-23-26(4,24-21-18-15-12-9-6-2)25-22-19-16-13-10-7-3;1-2-3-4-5-6-7-8-9-10-11-12-13-14-15-16-17-18-19;8-7(9)5-3-1-2-4-6(5)10;;;/h26H,5-25H2,1-4H3;2-19H2,1H3;1-4,10H,(H,8,9);2*1H;1H3. The minimum Gasteiger partial charge on any atom is -0.478 e. The first-order valence-electron chi connectivity index (χ1n) is 24.5. The van der Waals surface area contributed by atoms with Crippen LogP contribution in [0.15, 0.2) is 29.2 Å². The summed E-state index contributed by atoms with van der Waals surface area (Å²) < 4.78 is 0. The molecular weight excluding hydrogens is 883 g/mol. The topological polar surface area (TPSA) is 98.3 Å². The van der Waals surface area contributed by atoms with Crippen molar-refractivity contribution in [3.8, 4) is 0 Å². The number of halogens is 2. The molecule has 0 saturated carbocycles. The average Bonchev–Trinajstić information content (AvgIpc) is 3.18. The Morgan fingerprint density at radius 1 is 0.483 bits per heavy atom. The number of nitrogens with two attached hydrogens (primary N) is 1. The van der Waals surface area contributed by atoms with Gasteiger partial charge in [0.1, 0.15) is 0 Å². The summed E-state index contributed by atoms with van der Waals surface area (Å²) in [6, 6.07) is 6.58. The smallest absolute Gasteiger partial charge is 0.336 e. The normalized spacial score (nSPS) is 10.9. The third-order valence-corrected chi connectivity index (χ3v) is 16.7. The maximum absolute atomic E-state index is 10.4. The molecule has 8 heteroatoms. The first-order valence-corrected chi connectivity index (χ1v) is 28.1. The van der Waals surface area contributed by atoms with Crippen molar-refractivity contribution < 1.29 is 9.90 Å². The van der Waals surface area contributed by atoms with Crippen molar-refractivity contribution in [1.29, 1.82) is 0 Å². The molecule has 0 radical (unpaired) electrons. The van der Waals surface area contributed by atoms with Crippen LogP contribution < -0.4 is 11.9 Å². The number of carboxylic acid groups (broad SMARTS) is 1. The van der Waals surface area contributed by atoms with E-state index in [9.17, 15) is 4.79 Å². The summed E-state index contributed by atoms with van der Waals surface area (Å²) in [6.07, 6.45) is 54.3. The molecule has 0 atom stereocenters. The molecule has 0 heterocycles. The fourth-order valence-electron chi connectivity index (χ4n) is 7.72. The fourth-order valence-corrected chi connectivity index (χ4v) is 12.0. The van der Waals surface area contributed by atoms with Gasteiger partial charge in [0.25, 0.3) is 0 Å². The molecule has 0 bridgehead atoms. The number of benzene rings is 1. The number of carbonyl (C=O) groups is 1. The van der Waals surface area contributed by atoms with E-state index >= 15 is 0 Å². The van der Waals surface area contributed by atoms with E-state index in [1.165, 1.54) is 224 Å². The van der Waals surface area contributed by atoms with Crippen LogP contribution in [0.4, 0.5) is 0 Å². The second-order valence-corrected chi connectivity index (χ2v) is 22.9. The summed E-state index contributed by atoms with van der Waals surface area (Å²) in [5, 5.41) is 8.52. The number of hydrogen-bond acceptors (Lipinski definition) is 4. The van der Waals surface area contributed by atoms with Gasteiger partial charge in [0.2, 0.25) is 0 Å².